The minimum Gasteiger partial charge on any atom is -0.329 e. The number of likely N-dealkylation sites (tertiary alicyclic amines) is 1. The maximum atomic E-state index is 6.32. The van der Waals surface area contributed by atoms with Gasteiger partial charge in [-0.25, -0.2) is 0 Å². The van der Waals surface area contributed by atoms with Gasteiger partial charge in [-0.3, -0.25) is 4.90 Å². The summed E-state index contributed by atoms with van der Waals surface area (Å²) in [5.41, 5.74) is 6.68. The van der Waals surface area contributed by atoms with Gasteiger partial charge in [0.05, 0.1) is 0 Å². The van der Waals surface area contributed by atoms with Crippen LogP contribution in [0.1, 0.15) is 65.2 Å². The summed E-state index contributed by atoms with van der Waals surface area (Å²) >= 11 is 0. The lowest BCUT2D eigenvalue weighted by Gasteiger charge is -2.47. The van der Waals surface area contributed by atoms with Crippen LogP contribution in [0.25, 0.3) is 0 Å². The van der Waals surface area contributed by atoms with Crippen molar-refractivity contribution in [2.24, 2.45) is 29.4 Å². The molecule has 4 atom stereocenters. The van der Waals surface area contributed by atoms with E-state index < -0.39 is 0 Å². The quantitative estimate of drug-likeness (QED) is 0.850. The highest BCUT2D eigenvalue weighted by Gasteiger charge is 2.46. The Hall–Kier alpha value is -0.0800. The molecule has 0 spiro atoms. The van der Waals surface area contributed by atoms with E-state index in [4.69, 9.17) is 5.73 Å². The van der Waals surface area contributed by atoms with Crippen LogP contribution in [-0.2, 0) is 0 Å². The van der Waals surface area contributed by atoms with Crippen LogP contribution in [0.2, 0.25) is 0 Å². The molecule has 116 valence electrons. The van der Waals surface area contributed by atoms with E-state index >= 15 is 0 Å². The van der Waals surface area contributed by atoms with Crippen molar-refractivity contribution < 1.29 is 0 Å². The Morgan fingerprint density at radius 3 is 2.40 bits per heavy atom. The normalized spacial score (nSPS) is 42.3. The largest absolute Gasteiger partial charge is 0.329 e. The van der Waals surface area contributed by atoms with Gasteiger partial charge in [-0.15, -0.1) is 0 Å². The summed E-state index contributed by atoms with van der Waals surface area (Å²) in [6, 6.07) is 0. The van der Waals surface area contributed by atoms with Gasteiger partial charge in [0.1, 0.15) is 0 Å². The van der Waals surface area contributed by atoms with E-state index in [1.807, 2.05) is 0 Å². The molecule has 2 saturated carbocycles. The molecule has 0 radical (unpaired) electrons. The first-order chi connectivity index (χ1) is 9.63. The Morgan fingerprint density at radius 2 is 1.80 bits per heavy atom. The third-order valence-corrected chi connectivity index (χ3v) is 6.50. The standard InChI is InChI=1S/C18H34N2/c1-14(2)9-15-5-4-8-18(10-15,13-19)20-11-16-6-3-7-17(16)12-20/h14-17H,3-13,19H2,1-2H3. The molecule has 1 heterocycles. The molecular formula is C18H34N2. The Bertz CT molecular complexity index is 315. The molecule has 1 aliphatic heterocycles. The van der Waals surface area contributed by atoms with Gasteiger partial charge >= 0.3 is 0 Å². The molecule has 0 bridgehead atoms. The van der Waals surface area contributed by atoms with Crippen molar-refractivity contribution in [1.82, 2.24) is 4.90 Å². The zero-order valence-corrected chi connectivity index (χ0v) is 13.6. The van der Waals surface area contributed by atoms with Gasteiger partial charge in [0.2, 0.25) is 0 Å². The van der Waals surface area contributed by atoms with E-state index in [-0.39, 0.29) is 0 Å². The molecule has 3 aliphatic rings. The van der Waals surface area contributed by atoms with Crippen LogP contribution in [0, 0.1) is 23.7 Å². The Balaban J connectivity index is 1.67. The Morgan fingerprint density at radius 1 is 1.10 bits per heavy atom. The van der Waals surface area contributed by atoms with Crippen LogP contribution in [0.5, 0.6) is 0 Å². The number of nitrogens with zero attached hydrogens (tertiary/aromatic N) is 1. The van der Waals surface area contributed by atoms with E-state index in [9.17, 15) is 0 Å². The fourth-order valence-corrected chi connectivity index (χ4v) is 5.55. The lowest BCUT2D eigenvalue weighted by molar-refractivity contribution is 0.0438. The maximum absolute atomic E-state index is 6.32. The van der Waals surface area contributed by atoms with Crippen LogP contribution in [-0.4, -0.2) is 30.1 Å². The molecule has 0 aromatic heterocycles. The second-order valence-corrected chi connectivity index (χ2v) is 8.38. The molecule has 0 amide bonds. The van der Waals surface area contributed by atoms with Crippen molar-refractivity contribution in [3.8, 4) is 0 Å². The first-order valence-electron chi connectivity index (χ1n) is 9.08. The molecule has 1 saturated heterocycles. The second kappa shape index (κ2) is 5.96. The van der Waals surface area contributed by atoms with E-state index in [2.05, 4.69) is 18.7 Å². The smallest absolute Gasteiger partial charge is 0.0334 e. The Kier molecular flexibility index (Phi) is 4.42. The summed E-state index contributed by atoms with van der Waals surface area (Å²) in [5.74, 6) is 3.77. The number of nitrogens with two attached hydrogens (primary N) is 1. The van der Waals surface area contributed by atoms with Gasteiger partial charge < -0.3 is 5.73 Å². The molecule has 0 aromatic carbocycles. The number of rotatable bonds is 4. The summed E-state index contributed by atoms with van der Waals surface area (Å²) in [6.07, 6.45) is 11.4. The minimum atomic E-state index is 0.363. The van der Waals surface area contributed by atoms with Crippen molar-refractivity contribution in [1.29, 1.82) is 0 Å². The van der Waals surface area contributed by atoms with Gasteiger partial charge in [0.15, 0.2) is 0 Å². The van der Waals surface area contributed by atoms with Gasteiger partial charge in [-0.05, 0) is 55.8 Å². The SMILES string of the molecule is CC(C)CC1CCCC(CN)(N2CC3CCCC3C2)C1. The third-order valence-electron chi connectivity index (χ3n) is 6.50. The molecule has 0 aromatic rings. The average molecular weight is 278 g/mol. The number of fused-ring (bicyclic) bond motifs is 1. The zero-order valence-electron chi connectivity index (χ0n) is 13.6. The molecule has 2 nitrogen and oxygen atoms in total. The average Bonchev–Trinajstić information content (AvgIpc) is 2.99. The van der Waals surface area contributed by atoms with E-state index in [0.717, 1.165) is 30.2 Å². The second-order valence-electron chi connectivity index (χ2n) is 8.38. The lowest BCUT2D eigenvalue weighted by atomic mass is 9.72. The fraction of sp³-hybridized carbons (Fsp3) is 1.00. The molecule has 4 unspecified atom stereocenters. The molecule has 2 aliphatic carbocycles. The molecule has 20 heavy (non-hydrogen) atoms. The fourth-order valence-electron chi connectivity index (χ4n) is 5.55. The van der Waals surface area contributed by atoms with Gasteiger partial charge in [-0.1, -0.05) is 33.1 Å². The maximum Gasteiger partial charge on any atom is 0.0334 e. The van der Waals surface area contributed by atoms with Crippen LogP contribution < -0.4 is 5.73 Å². The van der Waals surface area contributed by atoms with E-state index in [0.29, 0.717) is 5.54 Å². The van der Waals surface area contributed by atoms with Crippen molar-refractivity contribution in [3.63, 3.8) is 0 Å². The molecule has 3 rings (SSSR count). The summed E-state index contributed by atoms with van der Waals surface area (Å²) in [5, 5.41) is 0. The van der Waals surface area contributed by atoms with Gasteiger partial charge in [0.25, 0.3) is 0 Å². The first-order valence-corrected chi connectivity index (χ1v) is 9.08. The summed E-state index contributed by atoms with van der Waals surface area (Å²) < 4.78 is 0. The monoisotopic (exact) mass is 278 g/mol. The lowest BCUT2D eigenvalue weighted by Crippen LogP contribution is -2.55. The van der Waals surface area contributed by atoms with Crippen LogP contribution in [0.3, 0.4) is 0 Å². The topological polar surface area (TPSA) is 29.3 Å². The van der Waals surface area contributed by atoms with Gasteiger partial charge in [-0.2, -0.15) is 0 Å². The molecule has 2 heteroatoms. The highest BCUT2D eigenvalue weighted by molar-refractivity contribution is 5.02. The van der Waals surface area contributed by atoms with Crippen molar-refractivity contribution in [2.45, 2.75) is 70.8 Å². The molecule has 3 fully saturated rings. The van der Waals surface area contributed by atoms with Crippen molar-refractivity contribution in [3.05, 3.63) is 0 Å². The zero-order chi connectivity index (χ0) is 14.2. The molecule has 2 N–H and O–H groups in total. The predicted molar refractivity (Wildman–Crippen MR) is 85.6 cm³/mol. The van der Waals surface area contributed by atoms with Crippen LogP contribution >= 0.6 is 0 Å². The first kappa shape index (κ1) is 14.8. The van der Waals surface area contributed by atoms with Crippen molar-refractivity contribution >= 4 is 0 Å². The predicted octanol–water partition coefficient (Wildman–Crippen LogP) is 3.65. The summed E-state index contributed by atoms with van der Waals surface area (Å²) in [4.78, 5) is 2.84. The number of hydrogen-bond acceptors (Lipinski definition) is 2. The van der Waals surface area contributed by atoms with Crippen LogP contribution in [0.15, 0.2) is 0 Å². The van der Waals surface area contributed by atoms with E-state index in [1.54, 1.807) is 0 Å². The van der Waals surface area contributed by atoms with Crippen molar-refractivity contribution in [2.75, 3.05) is 19.6 Å². The highest BCUT2D eigenvalue weighted by Crippen LogP contribution is 2.45. The van der Waals surface area contributed by atoms with Crippen LogP contribution in [0.4, 0.5) is 0 Å². The van der Waals surface area contributed by atoms with E-state index in [1.165, 1.54) is 64.5 Å². The molecular weight excluding hydrogens is 244 g/mol. The summed E-state index contributed by atoms with van der Waals surface area (Å²) in [7, 11) is 0. The van der Waals surface area contributed by atoms with Gasteiger partial charge in [0, 0.05) is 25.2 Å². The summed E-state index contributed by atoms with van der Waals surface area (Å²) in [6.45, 7) is 8.35. The Labute approximate surface area is 125 Å². The highest BCUT2D eigenvalue weighted by atomic mass is 15.2. The minimum absolute atomic E-state index is 0.363. The third kappa shape index (κ3) is 2.78. The number of hydrogen-bond donors (Lipinski definition) is 1.